The van der Waals surface area contributed by atoms with E-state index in [0.29, 0.717) is 19.1 Å². The molecule has 116 valence electrons. The molecular weight excluding hydrogens is 268 g/mol. The standard InChI is InChI=1S/C15H24N4O2/c1-11-9-13(18-16-10-11)17-12-5-7-19(8-6-12)14(20)21-15(2,3)4/h9-10,12H,5-8H2,1-4H3,(H,17,18). The number of anilines is 1. The van der Waals surface area contributed by atoms with Crippen molar-refractivity contribution in [1.82, 2.24) is 15.1 Å². The second-order valence-electron chi connectivity index (χ2n) is 6.50. The molecule has 1 aliphatic rings. The minimum absolute atomic E-state index is 0.226. The number of nitrogens with one attached hydrogen (secondary N) is 1. The highest BCUT2D eigenvalue weighted by atomic mass is 16.6. The topological polar surface area (TPSA) is 67.4 Å². The van der Waals surface area contributed by atoms with E-state index in [0.717, 1.165) is 24.2 Å². The van der Waals surface area contributed by atoms with Gasteiger partial charge in [-0.25, -0.2) is 4.79 Å². The molecule has 1 fully saturated rings. The number of ether oxygens (including phenoxy) is 1. The molecule has 0 saturated carbocycles. The summed E-state index contributed by atoms with van der Waals surface area (Å²) in [5, 5.41) is 11.4. The fourth-order valence-electron chi connectivity index (χ4n) is 2.28. The van der Waals surface area contributed by atoms with Gasteiger partial charge in [-0.3, -0.25) is 0 Å². The van der Waals surface area contributed by atoms with Crippen LogP contribution in [0.3, 0.4) is 0 Å². The van der Waals surface area contributed by atoms with Crippen LogP contribution in [0, 0.1) is 6.92 Å². The molecule has 2 rings (SSSR count). The van der Waals surface area contributed by atoms with Crippen molar-refractivity contribution in [2.75, 3.05) is 18.4 Å². The van der Waals surface area contributed by atoms with Crippen LogP contribution < -0.4 is 5.32 Å². The molecular formula is C15H24N4O2. The van der Waals surface area contributed by atoms with Crippen LogP contribution in [0.4, 0.5) is 10.6 Å². The van der Waals surface area contributed by atoms with Gasteiger partial charge in [-0.2, -0.15) is 5.10 Å². The molecule has 1 aliphatic heterocycles. The number of nitrogens with zero attached hydrogens (tertiary/aromatic N) is 3. The number of amides is 1. The summed E-state index contributed by atoms with van der Waals surface area (Å²) >= 11 is 0. The molecule has 1 N–H and O–H groups in total. The summed E-state index contributed by atoms with van der Waals surface area (Å²) < 4.78 is 5.39. The van der Waals surface area contributed by atoms with Crippen LogP contribution >= 0.6 is 0 Å². The number of hydrogen-bond acceptors (Lipinski definition) is 5. The number of rotatable bonds is 2. The van der Waals surface area contributed by atoms with Crippen LogP contribution in [0.1, 0.15) is 39.2 Å². The molecule has 1 amide bonds. The highest BCUT2D eigenvalue weighted by Gasteiger charge is 2.26. The van der Waals surface area contributed by atoms with Crippen LogP contribution in [-0.2, 0) is 4.74 Å². The molecule has 1 saturated heterocycles. The van der Waals surface area contributed by atoms with Crippen LogP contribution in [0.5, 0.6) is 0 Å². The lowest BCUT2D eigenvalue weighted by molar-refractivity contribution is 0.0210. The van der Waals surface area contributed by atoms with Gasteiger partial charge in [-0.1, -0.05) is 0 Å². The van der Waals surface area contributed by atoms with E-state index in [9.17, 15) is 4.79 Å². The van der Waals surface area contributed by atoms with Gasteiger partial charge in [0, 0.05) is 19.1 Å². The minimum atomic E-state index is -0.441. The third-order valence-corrected chi connectivity index (χ3v) is 3.29. The largest absolute Gasteiger partial charge is 0.444 e. The van der Waals surface area contributed by atoms with E-state index in [-0.39, 0.29) is 6.09 Å². The maximum atomic E-state index is 12.0. The summed E-state index contributed by atoms with van der Waals surface area (Å²) in [5.74, 6) is 0.797. The predicted octanol–water partition coefficient (Wildman–Crippen LogP) is 2.60. The fourth-order valence-corrected chi connectivity index (χ4v) is 2.28. The first-order valence-electron chi connectivity index (χ1n) is 7.37. The van der Waals surface area contributed by atoms with Gasteiger partial charge in [0.15, 0.2) is 0 Å². The van der Waals surface area contributed by atoms with Crippen molar-refractivity contribution >= 4 is 11.9 Å². The minimum Gasteiger partial charge on any atom is -0.444 e. The van der Waals surface area contributed by atoms with Crippen LogP contribution in [0.25, 0.3) is 0 Å². The summed E-state index contributed by atoms with van der Waals surface area (Å²) in [7, 11) is 0. The second kappa shape index (κ2) is 6.28. The molecule has 2 heterocycles. The normalized spacial score (nSPS) is 16.7. The van der Waals surface area contributed by atoms with Gasteiger partial charge in [0.2, 0.25) is 0 Å². The number of piperidine rings is 1. The number of aryl methyl sites for hydroxylation is 1. The summed E-state index contributed by atoms with van der Waals surface area (Å²) in [6.07, 6.45) is 3.27. The van der Waals surface area contributed by atoms with Crippen LogP contribution in [-0.4, -0.2) is 45.9 Å². The number of hydrogen-bond donors (Lipinski definition) is 1. The van der Waals surface area contributed by atoms with Crippen molar-refractivity contribution in [2.45, 2.75) is 52.2 Å². The van der Waals surface area contributed by atoms with Crippen molar-refractivity contribution in [3.05, 3.63) is 17.8 Å². The number of likely N-dealkylation sites (tertiary alicyclic amines) is 1. The zero-order chi connectivity index (χ0) is 15.5. The van der Waals surface area contributed by atoms with E-state index in [1.54, 1.807) is 11.1 Å². The summed E-state index contributed by atoms with van der Waals surface area (Å²) in [4.78, 5) is 13.8. The molecule has 21 heavy (non-hydrogen) atoms. The first kappa shape index (κ1) is 15.5. The predicted molar refractivity (Wildman–Crippen MR) is 81.2 cm³/mol. The highest BCUT2D eigenvalue weighted by Crippen LogP contribution is 2.18. The SMILES string of the molecule is Cc1cnnc(NC2CCN(C(=O)OC(C)(C)C)CC2)c1. The quantitative estimate of drug-likeness (QED) is 0.907. The van der Waals surface area contributed by atoms with Gasteiger partial charge < -0.3 is 15.0 Å². The van der Waals surface area contributed by atoms with Gasteiger partial charge in [0.1, 0.15) is 11.4 Å². The Labute approximate surface area is 125 Å². The number of aromatic nitrogens is 2. The molecule has 6 heteroatoms. The maximum absolute atomic E-state index is 12.0. The average molecular weight is 292 g/mol. The molecule has 6 nitrogen and oxygen atoms in total. The van der Waals surface area contributed by atoms with Gasteiger partial charge >= 0.3 is 6.09 Å². The maximum Gasteiger partial charge on any atom is 0.410 e. The van der Waals surface area contributed by atoms with Crippen molar-refractivity contribution in [3.8, 4) is 0 Å². The Kier molecular flexibility index (Phi) is 4.65. The first-order valence-corrected chi connectivity index (χ1v) is 7.37. The second-order valence-corrected chi connectivity index (χ2v) is 6.50. The molecule has 0 aromatic carbocycles. The Morgan fingerprint density at radius 3 is 2.62 bits per heavy atom. The van der Waals surface area contributed by atoms with E-state index < -0.39 is 5.60 Å². The lowest BCUT2D eigenvalue weighted by atomic mass is 10.1. The van der Waals surface area contributed by atoms with Gasteiger partial charge in [0.05, 0.1) is 6.20 Å². The molecule has 0 unspecified atom stereocenters. The Morgan fingerprint density at radius 1 is 1.38 bits per heavy atom. The van der Waals surface area contributed by atoms with Gasteiger partial charge in [-0.05, 0) is 52.2 Å². The first-order chi connectivity index (χ1) is 9.83. The third-order valence-electron chi connectivity index (χ3n) is 3.29. The summed E-state index contributed by atoms with van der Waals surface area (Å²) in [6, 6.07) is 2.30. The Hall–Kier alpha value is -1.85. The van der Waals surface area contributed by atoms with Crippen molar-refractivity contribution in [1.29, 1.82) is 0 Å². The molecule has 0 atom stereocenters. The van der Waals surface area contributed by atoms with E-state index in [2.05, 4.69) is 15.5 Å². The lowest BCUT2D eigenvalue weighted by Crippen LogP contribution is -2.44. The van der Waals surface area contributed by atoms with Gasteiger partial charge in [-0.15, -0.1) is 5.10 Å². The highest BCUT2D eigenvalue weighted by molar-refractivity contribution is 5.68. The Balaban J connectivity index is 1.82. The molecule has 1 aromatic rings. The third kappa shape index (κ3) is 4.88. The molecule has 0 bridgehead atoms. The fraction of sp³-hybridized carbons (Fsp3) is 0.667. The van der Waals surface area contributed by atoms with E-state index in [1.165, 1.54) is 0 Å². The summed E-state index contributed by atoms with van der Waals surface area (Å²) in [5.41, 5.74) is 0.641. The Bertz CT molecular complexity index is 491. The number of carbonyl (C=O) groups excluding carboxylic acids is 1. The lowest BCUT2D eigenvalue weighted by Gasteiger charge is -2.33. The molecule has 0 radical (unpaired) electrons. The molecule has 1 aromatic heterocycles. The number of carbonyl (C=O) groups is 1. The van der Waals surface area contributed by atoms with E-state index in [1.807, 2.05) is 33.8 Å². The monoisotopic (exact) mass is 292 g/mol. The average Bonchev–Trinajstić information content (AvgIpc) is 2.37. The van der Waals surface area contributed by atoms with E-state index >= 15 is 0 Å². The smallest absolute Gasteiger partial charge is 0.410 e. The van der Waals surface area contributed by atoms with Crippen LogP contribution in [0.15, 0.2) is 12.3 Å². The Morgan fingerprint density at radius 2 is 2.05 bits per heavy atom. The zero-order valence-corrected chi connectivity index (χ0v) is 13.2. The van der Waals surface area contributed by atoms with Gasteiger partial charge in [0.25, 0.3) is 0 Å². The van der Waals surface area contributed by atoms with Crippen molar-refractivity contribution in [3.63, 3.8) is 0 Å². The zero-order valence-electron chi connectivity index (χ0n) is 13.2. The molecule has 0 aliphatic carbocycles. The summed E-state index contributed by atoms with van der Waals surface area (Å²) in [6.45, 7) is 9.05. The van der Waals surface area contributed by atoms with Crippen LogP contribution in [0.2, 0.25) is 0 Å². The van der Waals surface area contributed by atoms with E-state index in [4.69, 9.17) is 4.74 Å². The van der Waals surface area contributed by atoms with Crippen molar-refractivity contribution < 1.29 is 9.53 Å². The van der Waals surface area contributed by atoms with Crippen molar-refractivity contribution in [2.24, 2.45) is 0 Å². The molecule has 0 spiro atoms.